The molecular weight excluding hydrogens is 204 g/mol. The Labute approximate surface area is 98.1 Å². The Morgan fingerprint density at radius 3 is 2.62 bits per heavy atom. The number of hydrogen-bond acceptors (Lipinski definition) is 3. The van der Waals surface area contributed by atoms with Crippen LogP contribution in [-0.4, -0.2) is 43.7 Å². The summed E-state index contributed by atoms with van der Waals surface area (Å²) in [5.41, 5.74) is 5.45. The van der Waals surface area contributed by atoms with Crippen LogP contribution in [0, 0.1) is 5.92 Å². The van der Waals surface area contributed by atoms with Gasteiger partial charge in [-0.05, 0) is 32.2 Å². The highest BCUT2D eigenvalue weighted by Gasteiger charge is 2.25. The first-order valence-electron chi connectivity index (χ1n) is 6.20. The normalized spacial score (nSPS) is 19.8. The third-order valence-corrected chi connectivity index (χ3v) is 3.35. The molecule has 1 unspecified atom stereocenters. The summed E-state index contributed by atoms with van der Waals surface area (Å²) in [6.07, 6.45) is 4.10. The SMILES string of the molecule is COC1CCN(C(=O)C(C)CCCN)CC1. The first-order chi connectivity index (χ1) is 7.69. The number of carbonyl (C=O) groups is 1. The maximum absolute atomic E-state index is 12.0. The predicted octanol–water partition coefficient (Wildman–Crippen LogP) is 0.999. The summed E-state index contributed by atoms with van der Waals surface area (Å²) in [6, 6.07) is 0. The van der Waals surface area contributed by atoms with Gasteiger partial charge in [0.1, 0.15) is 0 Å². The van der Waals surface area contributed by atoms with Crippen LogP contribution >= 0.6 is 0 Å². The van der Waals surface area contributed by atoms with Crippen LogP contribution in [0.4, 0.5) is 0 Å². The number of nitrogens with two attached hydrogens (primary N) is 1. The van der Waals surface area contributed by atoms with Crippen molar-refractivity contribution in [3.05, 3.63) is 0 Å². The van der Waals surface area contributed by atoms with E-state index in [2.05, 4.69) is 0 Å². The molecule has 0 aliphatic carbocycles. The quantitative estimate of drug-likeness (QED) is 0.763. The first-order valence-corrected chi connectivity index (χ1v) is 6.20. The minimum absolute atomic E-state index is 0.114. The van der Waals surface area contributed by atoms with Crippen molar-refractivity contribution in [2.24, 2.45) is 11.7 Å². The monoisotopic (exact) mass is 228 g/mol. The molecule has 1 atom stereocenters. The van der Waals surface area contributed by atoms with Gasteiger partial charge in [-0.15, -0.1) is 0 Å². The van der Waals surface area contributed by atoms with E-state index in [4.69, 9.17) is 10.5 Å². The van der Waals surface area contributed by atoms with Gasteiger partial charge in [-0.2, -0.15) is 0 Å². The van der Waals surface area contributed by atoms with E-state index in [0.29, 0.717) is 12.6 Å². The summed E-state index contributed by atoms with van der Waals surface area (Å²) >= 11 is 0. The van der Waals surface area contributed by atoms with Crippen molar-refractivity contribution in [2.45, 2.75) is 38.7 Å². The lowest BCUT2D eigenvalue weighted by Gasteiger charge is -2.33. The van der Waals surface area contributed by atoms with Crippen LogP contribution < -0.4 is 5.73 Å². The molecule has 0 spiro atoms. The molecule has 1 rings (SSSR count). The molecule has 1 fully saturated rings. The molecule has 0 saturated carbocycles. The molecule has 2 N–H and O–H groups in total. The van der Waals surface area contributed by atoms with E-state index in [0.717, 1.165) is 38.8 Å². The molecule has 1 saturated heterocycles. The van der Waals surface area contributed by atoms with Crippen molar-refractivity contribution < 1.29 is 9.53 Å². The van der Waals surface area contributed by atoms with Gasteiger partial charge in [0.15, 0.2) is 0 Å². The Morgan fingerprint density at radius 2 is 2.12 bits per heavy atom. The number of methoxy groups -OCH3 is 1. The highest BCUT2D eigenvalue weighted by atomic mass is 16.5. The van der Waals surface area contributed by atoms with Gasteiger partial charge in [0.2, 0.25) is 5.91 Å². The summed E-state index contributed by atoms with van der Waals surface area (Å²) in [4.78, 5) is 14.0. The minimum atomic E-state index is 0.114. The lowest BCUT2D eigenvalue weighted by atomic mass is 10.0. The third kappa shape index (κ3) is 3.76. The van der Waals surface area contributed by atoms with Crippen LogP contribution in [0.25, 0.3) is 0 Å². The van der Waals surface area contributed by atoms with Crippen LogP contribution in [-0.2, 0) is 9.53 Å². The van der Waals surface area contributed by atoms with Crippen molar-refractivity contribution >= 4 is 5.91 Å². The van der Waals surface area contributed by atoms with Crippen LogP contribution in [0.1, 0.15) is 32.6 Å². The molecule has 1 aliphatic heterocycles. The zero-order valence-corrected chi connectivity index (χ0v) is 10.4. The number of amides is 1. The topological polar surface area (TPSA) is 55.6 Å². The fourth-order valence-corrected chi connectivity index (χ4v) is 2.17. The van der Waals surface area contributed by atoms with Gasteiger partial charge in [-0.1, -0.05) is 6.92 Å². The molecule has 1 amide bonds. The molecule has 0 aromatic heterocycles. The molecule has 1 heterocycles. The number of rotatable bonds is 5. The van der Waals surface area contributed by atoms with E-state index < -0.39 is 0 Å². The van der Waals surface area contributed by atoms with E-state index >= 15 is 0 Å². The Balaban J connectivity index is 2.32. The average Bonchev–Trinajstić information content (AvgIpc) is 2.35. The Hall–Kier alpha value is -0.610. The van der Waals surface area contributed by atoms with Crippen LogP contribution in [0.5, 0.6) is 0 Å². The number of ether oxygens (including phenoxy) is 1. The van der Waals surface area contributed by atoms with Crippen LogP contribution in [0.2, 0.25) is 0 Å². The van der Waals surface area contributed by atoms with Crippen LogP contribution in [0.15, 0.2) is 0 Å². The zero-order valence-electron chi connectivity index (χ0n) is 10.4. The van der Waals surface area contributed by atoms with Crippen molar-refractivity contribution in [3.63, 3.8) is 0 Å². The number of likely N-dealkylation sites (tertiary alicyclic amines) is 1. The summed E-state index contributed by atoms with van der Waals surface area (Å²) in [6.45, 7) is 4.35. The minimum Gasteiger partial charge on any atom is -0.381 e. The third-order valence-electron chi connectivity index (χ3n) is 3.35. The number of hydrogen-bond donors (Lipinski definition) is 1. The summed E-state index contributed by atoms with van der Waals surface area (Å²) in [5.74, 6) is 0.394. The number of nitrogens with zero attached hydrogens (tertiary/aromatic N) is 1. The molecule has 0 aromatic carbocycles. The maximum atomic E-state index is 12.0. The molecule has 0 bridgehead atoms. The standard InChI is InChI=1S/C12H24N2O2/c1-10(4-3-7-13)12(15)14-8-5-11(16-2)6-9-14/h10-11H,3-9,13H2,1-2H3. The van der Waals surface area contributed by atoms with Gasteiger partial charge in [0, 0.05) is 26.1 Å². The first kappa shape index (κ1) is 13.5. The van der Waals surface area contributed by atoms with Gasteiger partial charge < -0.3 is 15.4 Å². The Morgan fingerprint density at radius 1 is 1.50 bits per heavy atom. The fraction of sp³-hybridized carbons (Fsp3) is 0.917. The predicted molar refractivity (Wildman–Crippen MR) is 64.1 cm³/mol. The second-order valence-corrected chi connectivity index (χ2v) is 4.59. The highest BCUT2D eigenvalue weighted by Crippen LogP contribution is 2.17. The van der Waals surface area contributed by atoms with E-state index in [1.54, 1.807) is 7.11 Å². The molecule has 16 heavy (non-hydrogen) atoms. The molecule has 4 nitrogen and oxygen atoms in total. The Bertz CT molecular complexity index is 213. The molecule has 0 aromatic rings. The smallest absolute Gasteiger partial charge is 0.225 e. The second-order valence-electron chi connectivity index (χ2n) is 4.59. The molecule has 4 heteroatoms. The molecule has 0 radical (unpaired) electrons. The van der Waals surface area contributed by atoms with Crippen molar-refractivity contribution in [3.8, 4) is 0 Å². The van der Waals surface area contributed by atoms with Gasteiger partial charge in [0.05, 0.1) is 6.10 Å². The second kappa shape index (κ2) is 6.86. The lowest BCUT2D eigenvalue weighted by Crippen LogP contribution is -2.43. The summed E-state index contributed by atoms with van der Waals surface area (Å²) in [7, 11) is 1.74. The van der Waals surface area contributed by atoms with Crippen molar-refractivity contribution in [2.75, 3.05) is 26.7 Å². The summed E-state index contributed by atoms with van der Waals surface area (Å²) < 4.78 is 5.29. The van der Waals surface area contributed by atoms with E-state index in [-0.39, 0.29) is 11.8 Å². The van der Waals surface area contributed by atoms with Crippen LogP contribution in [0.3, 0.4) is 0 Å². The zero-order chi connectivity index (χ0) is 12.0. The van der Waals surface area contributed by atoms with Gasteiger partial charge in [0.25, 0.3) is 0 Å². The molecule has 1 aliphatic rings. The number of carbonyl (C=O) groups excluding carboxylic acids is 1. The largest absolute Gasteiger partial charge is 0.381 e. The highest BCUT2D eigenvalue weighted by molar-refractivity contribution is 5.78. The lowest BCUT2D eigenvalue weighted by molar-refractivity contribution is -0.137. The van der Waals surface area contributed by atoms with Crippen molar-refractivity contribution in [1.82, 2.24) is 4.90 Å². The van der Waals surface area contributed by atoms with E-state index in [9.17, 15) is 4.79 Å². The van der Waals surface area contributed by atoms with E-state index in [1.807, 2.05) is 11.8 Å². The molecular formula is C12H24N2O2. The van der Waals surface area contributed by atoms with Crippen molar-refractivity contribution in [1.29, 1.82) is 0 Å². The van der Waals surface area contributed by atoms with Gasteiger partial charge in [-0.3, -0.25) is 4.79 Å². The van der Waals surface area contributed by atoms with E-state index in [1.165, 1.54) is 0 Å². The summed E-state index contributed by atoms with van der Waals surface area (Å²) in [5, 5.41) is 0. The maximum Gasteiger partial charge on any atom is 0.225 e. The number of piperidine rings is 1. The Kier molecular flexibility index (Phi) is 5.77. The van der Waals surface area contributed by atoms with Gasteiger partial charge in [-0.25, -0.2) is 0 Å². The fourth-order valence-electron chi connectivity index (χ4n) is 2.17. The van der Waals surface area contributed by atoms with Gasteiger partial charge >= 0.3 is 0 Å². The average molecular weight is 228 g/mol. The molecule has 94 valence electrons.